The lowest BCUT2D eigenvalue weighted by Gasteiger charge is -2.15. The lowest BCUT2D eigenvalue weighted by Crippen LogP contribution is -2.20. The van der Waals surface area contributed by atoms with E-state index in [9.17, 15) is 4.79 Å². The van der Waals surface area contributed by atoms with Crippen molar-refractivity contribution in [3.05, 3.63) is 59.5 Å². The molecule has 0 saturated heterocycles. The highest BCUT2D eigenvalue weighted by Gasteiger charge is 2.11. The van der Waals surface area contributed by atoms with Crippen LogP contribution in [-0.4, -0.2) is 22.1 Å². The van der Waals surface area contributed by atoms with Gasteiger partial charge in [0.25, 0.3) is 5.91 Å². The zero-order chi connectivity index (χ0) is 18.4. The Bertz CT molecular complexity index is 848. The quantitative estimate of drug-likeness (QED) is 0.655. The van der Waals surface area contributed by atoms with E-state index in [-0.39, 0.29) is 12.5 Å². The maximum atomic E-state index is 12.2. The fourth-order valence-corrected chi connectivity index (χ4v) is 3.06. The summed E-state index contributed by atoms with van der Waals surface area (Å²) in [6.07, 6.45) is 1.02. The molecule has 1 amide bonds. The smallest absolute Gasteiger partial charge is 0.262 e. The van der Waals surface area contributed by atoms with Gasteiger partial charge in [0.2, 0.25) is 0 Å². The molecule has 0 bridgehead atoms. The molecule has 0 aliphatic rings. The Balaban J connectivity index is 1.58. The van der Waals surface area contributed by atoms with Crippen molar-refractivity contribution in [3.63, 3.8) is 0 Å². The second kappa shape index (κ2) is 8.58. The summed E-state index contributed by atoms with van der Waals surface area (Å²) >= 11 is 1.31. The summed E-state index contributed by atoms with van der Waals surface area (Å²) in [5, 5.41) is 8.77. The van der Waals surface area contributed by atoms with E-state index >= 15 is 0 Å². The highest BCUT2D eigenvalue weighted by Crippen LogP contribution is 2.28. The third-order valence-electron chi connectivity index (χ3n) is 4.25. The number of benzene rings is 2. The van der Waals surface area contributed by atoms with Gasteiger partial charge in [0.05, 0.1) is 0 Å². The molecule has 0 radical (unpaired) electrons. The molecule has 0 fully saturated rings. The number of amides is 1. The molecule has 5 nitrogen and oxygen atoms in total. The van der Waals surface area contributed by atoms with Gasteiger partial charge in [0, 0.05) is 16.6 Å². The van der Waals surface area contributed by atoms with Crippen molar-refractivity contribution in [2.24, 2.45) is 0 Å². The fraction of sp³-hybridized carbons (Fsp3) is 0.250. The third-order valence-corrected chi connectivity index (χ3v) is 4.75. The first kappa shape index (κ1) is 18.1. The molecule has 1 aromatic heterocycles. The van der Waals surface area contributed by atoms with E-state index in [0.717, 1.165) is 34.7 Å². The zero-order valence-electron chi connectivity index (χ0n) is 14.8. The normalized spacial score (nSPS) is 11.8. The predicted octanol–water partition coefficient (Wildman–Crippen LogP) is 4.74. The molecular formula is C20H21N3O2S. The van der Waals surface area contributed by atoms with Crippen LogP contribution in [0, 0.1) is 0 Å². The van der Waals surface area contributed by atoms with Gasteiger partial charge in [-0.05, 0) is 47.6 Å². The monoisotopic (exact) mass is 367 g/mol. The second-order valence-corrected chi connectivity index (χ2v) is 6.66. The molecule has 1 unspecified atom stereocenters. The standard InChI is InChI=1S/C20H21N3O2S/c1-3-14(2)17-6-4-5-7-19(17)25-12-20(24)21-16-10-8-15(9-11-16)18-13-26-23-22-18/h4-11,13-14H,3,12H2,1-2H3,(H,21,24). The van der Waals surface area contributed by atoms with Gasteiger partial charge < -0.3 is 10.1 Å². The summed E-state index contributed by atoms with van der Waals surface area (Å²) in [6, 6.07) is 15.4. The van der Waals surface area contributed by atoms with Crippen LogP contribution in [0.15, 0.2) is 53.9 Å². The van der Waals surface area contributed by atoms with Crippen LogP contribution in [0.2, 0.25) is 0 Å². The van der Waals surface area contributed by atoms with Crippen LogP contribution in [-0.2, 0) is 4.79 Å². The molecule has 0 saturated carbocycles. The van der Waals surface area contributed by atoms with Crippen LogP contribution in [0.3, 0.4) is 0 Å². The van der Waals surface area contributed by atoms with Crippen molar-refractivity contribution in [3.8, 4) is 17.0 Å². The topological polar surface area (TPSA) is 64.1 Å². The molecule has 1 N–H and O–H groups in total. The Labute approximate surface area is 157 Å². The van der Waals surface area contributed by atoms with Gasteiger partial charge in [0.15, 0.2) is 6.61 Å². The number of hydrogen-bond donors (Lipinski definition) is 1. The molecule has 134 valence electrons. The maximum Gasteiger partial charge on any atom is 0.262 e. The summed E-state index contributed by atoms with van der Waals surface area (Å²) in [5.74, 6) is 0.970. The van der Waals surface area contributed by atoms with Gasteiger partial charge in [-0.25, -0.2) is 0 Å². The van der Waals surface area contributed by atoms with Gasteiger partial charge >= 0.3 is 0 Å². The van der Waals surface area contributed by atoms with Crippen molar-refractivity contribution in [2.45, 2.75) is 26.2 Å². The number of ether oxygens (including phenoxy) is 1. The highest BCUT2D eigenvalue weighted by molar-refractivity contribution is 7.03. The van der Waals surface area contributed by atoms with E-state index in [1.165, 1.54) is 11.5 Å². The molecule has 3 aromatic rings. The Kier molecular flexibility index (Phi) is 5.96. The SMILES string of the molecule is CCC(C)c1ccccc1OCC(=O)Nc1ccc(-c2csnn2)cc1. The van der Waals surface area contributed by atoms with Crippen LogP contribution in [0.1, 0.15) is 31.7 Å². The first-order valence-electron chi connectivity index (χ1n) is 8.56. The number of hydrogen-bond acceptors (Lipinski definition) is 5. The molecular weight excluding hydrogens is 346 g/mol. The number of carbonyl (C=O) groups is 1. The first-order chi connectivity index (χ1) is 12.7. The number of carbonyl (C=O) groups excluding carboxylic acids is 1. The second-order valence-electron chi connectivity index (χ2n) is 6.05. The van der Waals surface area contributed by atoms with Crippen LogP contribution in [0.4, 0.5) is 5.69 Å². The first-order valence-corrected chi connectivity index (χ1v) is 9.40. The van der Waals surface area contributed by atoms with Crippen LogP contribution < -0.4 is 10.1 Å². The molecule has 0 aliphatic carbocycles. The van der Waals surface area contributed by atoms with Crippen LogP contribution >= 0.6 is 11.5 Å². The van der Waals surface area contributed by atoms with Gasteiger partial charge in [-0.1, -0.05) is 48.7 Å². The van der Waals surface area contributed by atoms with Crippen LogP contribution in [0.25, 0.3) is 11.3 Å². The lowest BCUT2D eigenvalue weighted by molar-refractivity contribution is -0.118. The predicted molar refractivity (Wildman–Crippen MR) is 105 cm³/mol. The van der Waals surface area contributed by atoms with Gasteiger partial charge in [-0.2, -0.15) is 0 Å². The minimum Gasteiger partial charge on any atom is -0.483 e. The van der Waals surface area contributed by atoms with Gasteiger partial charge in [-0.3, -0.25) is 4.79 Å². The van der Waals surface area contributed by atoms with E-state index < -0.39 is 0 Å². The molecule has 1 heterocycles. The average Bonchev–Trinajstić information content (AvgIpc) is 3.21. The summed E-state index contributed by atoms with van der Waals surface area (Å²) < 4.78 is 9.60. The van der Waals surface area contributed by atoms with Gasteiger partial charge in [-0.15, -0.1) is 5.10 Å². The maximum absolute atomic E-state index is 12.2. The summed E-state index contributed by atoms with van der Waals surface area (Å²) in [5.41, 5.74) is 3.65. The third kappa shape index (κ3) is 4.46. The van der Waals surface area contributed by atoms with Gasteiger partial charge in [0.1, 0.15) is 11.4 Å². The van der Waals surface area contributed by atoms with Crippen molar-refractivity contribution < 1.29 is 9.53 Å². The molecule has 1 atom stereocenters. The molecule has 0 aliphatic heterocycles. The number of para-hydroxylation sites is 1. The van der Waals surface area contributed by atoms with E-state index in [2.05, 4.69) is 28.8 Å². The molecule has 2 aromatic carbocycles. The van der Waals surface area contributed by atoms with E-state index in [1.54, 1.807) is 0 Å². The molecule has 6 heteroatoms. The number of nitrogens with one attached hydrogen (secondary N) is 1. The molecule has 3 rings (SSSR count). The Morgan fingerprint density at radius 1 is 1.19 bits per heavy atom. The van der Waals surface area contributed by atoms with Crippen molar-refractivity contribution in [2.75, 3.05) is 11.9 Å². The van der Waals surface area contributed by atoms with Crippen LogP contribution in [0.5, 0.6) is 5.75 Å². The number of aromatic nitrogens is 2. The molecule has 26 heavy (non-hydrogen) atoms. The van der Waals surface area contributed by atoms with Crippen molar-refractivity contribution >= 4 is 23.1 Å². The minimum absolute atomic E-state index is 0.0226. The number of rotatable bonds is 7. The molecule has 0 spiro atoms. The number of anilines is 1. The minimum atomic E-state index is -0.188. The average molecular weight is 367 g/mol. The van der Waals surface area contributed by atoms with Crippen molar-refractivity contribution in [1.29, 1.82) is 0 Å². The summed E-state index contributed by atoms with van der Waals surface area (Å²) in [4.78, 5) is 12.2. The summed E-state index contributed by atoms with van der Waals surface area (Å²) in [6.45, 7) is 4.27. The number of nitrogens with zero attached hydrogens (tertiary/aromatic N) is 2. The fourth-order valence-electron chi connectivity index (χ4n) is 2.59. The Morgan fingerprint density at radius 3 is 2.65 bits per heavy atom. The Hall–Kier alpha value is -2.73. The van der Waals surface area contributed by atoms with E-state index in [4.69, 9.17) is 4.74 Å². The zero-order valence-corrected chi connectivity index (χ0v) is 15.6. The lowest BCUT2D eigenvalue weighted by atomic mass is 9.98. The van der Waals surface area contributed by atoms with E-state index in [1.807, 2.05) is 53.9 Å². The Morgan fingerprint density at radius 2 is 1.96 bits per heavy atom. The largest absolute Gasteiger partial charge is 0.483 e. The highest BCUT2D eigenvalue weighted by atomic mass is 32.1. The van der Waals surface area contributed by atoms with Crippen molar-refractivity contribution in [1.82, 2.24) is 9.59 Å². The summed E-state index contributed by atoms with van der Waals surface area (Å²) in [7, 11) is 0. The van der Waals surface area contributed by atoms with E-state index in [0.29, 0.717) is 5.92 Å².